The average Bonchev–Trinajstić information content (AvgIpc) is 2.52. The minimum atomic E-state index is -3.77. The Bertz CT molecular complexity index is 873. The number of amides is 1. The van der Waals surface area contributed by atoms with Crippen LogP contribution in [0.3, 0.4) is 0 Å². The highest BCUT2D eigenvalue weighted by Gasteiger charge is 2.20. The number of benzene rings is 2. The van der Waals surface area contributed by atoms with Gasteiger partial charge in [0.2, 0.25) is 15.9 Å². The maximum Gasteiger partial charge on any atom is 0.232 e. The molecule has 0 aromatic heterocycles. The van der Waals surface area contributed by atoms with Crippen molar-refractivity contribution in [3.63, 3.8) is 0 Å². The molecule has 0 bridgehead atoms. The first-order valence-corrected chi connectivity index (χ1v) is 9.37. The van der Waals surface area contributed by atoms with Gasteiger partial charge in [-0.05, 0) is 36.4 Å². The molecule has 0 aliphatic heterocycles. The SMILES string of the molecule is CS(=O)(=O)N(CCC(=O)Nc1ccc(Cl)cc1)c1ccc(F)c(F)c1. The van der Waals surface area contributed by atoms with Gasteiger partial charge in [0, 0.05) is 29.7 Å². The number of halogens is 3. The Hall–Kier alpha value is -2.19. The zero-order valence-corrected chi connectivity index (χ0v) is 14.7. The lowest BCUT2D eigenvalue weighted by Crippen LogP contribution is -2.33. The van der Waals surface area contributed by atoms with Gasteiger partial charge in [-0.25, -0.2) is 17.2 Å². The Labute approximate surface area is 149 Å². The third-order valence-electron chi connectivity index (χ3n) is 3.26. The van der Waals surface area contributed by atoms with Crippen LogP contribution in [0.25, 0.3) is 0 Å². The Kier molecular flexibility index (Phi) is 5.97. The second-order valence-corrected chi connectivity index (χ2v) is 7.58. The van der Waals surface area contributed by atoms with E-state index in [0.717, 1.165) is 28.8 Å². The van der Waals surface area contributed by atoms with Crippen molar-refractivity contribution < 1.29 is 22.0 Å². The van der Waals surface area contributed by atoms with Crippen molar-refractivity contribution in [2.75, 3.05) is 22.4 Å². The summed E-state index contributed by atoms with van der Waals surface area (Å²) in [5.41, 5.74) is 0.453. The number of anilines is 2. The molecule has 0 heterocycles. The molecule has 1 amide bonds. The summed E-state index contributed by atoms with van der Waals surface area (Å²) < 4.78 is 51.0. The number of rotatable bonds is 6. The lowest BCUT2D eigenvalue weighted by atomic mass is 10.2. The van der Waals surface area contributed by atoms with Crippen molar-refractivity contribution in [1.29, 1.82) is 0 Å². The molecule has 0 aliphatic rings. The van der Waals surface area contributed by atoms with E-state index >= 15 is 0 Å². The van der Waals surface area contributed by atoms with Crippen LogP contribution >= 0.6 is 11.6 Å². The van der Waals surface area contributed by atoms with Crippen LogP contribution in [0.2, 0.25) is 5.02 Å². The molecule has 0 unspecified atom stereocenters. The predicted molar refractivity (Wildman–Crippen MR) is 93.2 cm³/mol. The fourth-order valence-corrected chi connectivity index (χ4v) is 3.13. The second kappa shape index (κ2) is 7.79. The van der Waals surface area contributed by atoms with Crippen molar-refractivity contribution >= 4 is 38.9 Å². The number of nitrogens with zero attached hydrogens (tertiary/aromatic N) is 1. The van der Waals surface area contributed by atoms with Crippen molar-refractivity contribution in [2.24, 2.45) is 0 Å². The van der Waals surface area contributed by atoms with E-state index in [0.29, 0.717) is 10.7 Å². The molecule has 134 valence electrons. The van der Waals surface area contributed by atoms with Crippen LogP contribution < -0.4 is 9.62 Å². The zero-order chi connectivity index (χ0) is 18.6. The molecule has 0 saturated heterocycles. The molecule has 5 nitrogen and oxygen atoms in total. The van der Waals surface area contributed by atoms with Crippen LogP contribution in [-0.2, 0) is 14.8 Å². The Morgan fingerprint density at radius 3 is 2.32 bits per heavy atom. The van der Waals surface area contributed by atoms with E-state index < -0.39 is 27.6 Å². The summed E-state index contributed by atoms with van der Waals surface area (Å²) in [6, 6.07) is 9.14. The number of carbonyl (C=O) groups excluding carboxylic acids is 1. The summed E-state index contributed by atoms with van der Waals surface area (Å²) in [7, 11) is -3.77. The van der Waals surface area contributed by atoms with Gasteiger partial charge >= 0.3 is 0 Å². The van der Waals surface area contributed by atoms with Gasteiger partial charge in [-0.3, -0.25) is 9.10 Å². The number of carbonyl (C=O) groups is 1. The highest BCUT2D eigenvalue weighted by atomic mass is 35.5. The van der Waals surface area contributed by atoms with Gasteiger partial charge in [0.05, 0.1) is 11.9 Å². The van der Waals surface area contributed by atoms with Crippen LogP contribution in [0.5, 0.6) is 0 Å². The van der Waals surface area contributed by atoms with E-state index in [4.69, 9.17) is 11.6 Å². The molecular weight excluding hydrogens is 374 g/mol. The maximum atomic E-state index is 13.4. The Morgan fingerprint density at radius 1 is 1.12 bits per heavy atom. The molecule has 2 rings (SSSR count). The van der Waals surface area contributed by atoms with E-state index in [9.17, 15) is 22.0 Å². The lowest BCUT2D eigenvalue weighted by Gasteiger charge is -2.22. The van der Waals surface area contributed by atoms with Crippen LogP contribution in [0.1, 0.15) is 6.42 Å². The minimum absolute atomic E-state index is 0.0549. The first-order chi connectivity index (χ1) is 11.7. The standard InChI is InChI=1S/C16H15ClF2N2O3S/c1-25(23,24)21(13-6-7-14(18)15(19)10-13)9-8-16(22)20-12-4-2-11(17)3-5-12/h2-7,10H,8-9H2,1H3,(H,20,22). The Morgan fingerprint density at radius 2 is 1.76 bits per heavy atom. The van der Waals surface area contributed by atoms with Crippen LogP contribution in [0, 0.1) is 11.6 Å². The van der Waals surface area contributed by atoms with Gasteiger partial charge in [-0.1, -0.05) is 11.6 Å². The third kappa shape index (κ3) is 5.40. The fourth-order valence-electron chi connectivity index (χ4n) is 2.09. The molecule has 9 heteroatoms. The highest BCUT2D eigenvalue weighted by molar-refractivity contribution is 7.92. The largest absolute Gasteiger partial charge is 0.326 e. The molecular formula is C16H15ClF2N2O3S. The first-order valence-electron chi connectivity index (χ1n) is 7.15. The van der Waals surface area contributed by atoms with Crippen molar-refractivity contribution in [3.05, 3.63) is 59.1 Å². The monoisotopic (exact) mass is 388 g/mol. The van der Waals surface area contributed by atoms with Gasteiger partial charge < -0.3 is 5.32 Å². The number of nitrogens with one attached hydrogen (secondary N) is 1. The molecule has 0 saturated carbocycles. The number of sulfonamides is 1. The van der Waals surface area contributed by atoms with Crippen molar-refractivity contribution in [3.8, 4) is 0 Å². The molecule has 0 aliphatic carbocycles. The molecule has 0 spiro atoms. The summed E-state index contributed by atoms with van der Waals surface area (Å²) in [4.78, 5) is 12.0. The molecule has 0 radical (unpaired) electrons. The third-order valence-corrected chi connectivity index (χ3v) is 4.71. The zero-order valence-electron chi connectivity index (χ0n) is 13.2. The van der Waals surface area contributed by atoms with Gasteiger partial charge in [0.15, 0.2) is 11.6 Å². The topological polar surface area (TPSA) is 66.5 Å². The van der Waals surface area contributed by atoms with E-state index in [1.807, 2.05) is 0 Å². The van der Waals surface area contributed by atoms with Gasteiger partial charge in [0.1, 0.15) is 0 Å². The molecule has 1 N–H and O–H groups in total. The number of hydrogen-bond acceptors (Lipinski definition) is 3. The summed E-state index contributed by atoms with van der Waals surface area (Å²) in [6.07, 6.45) is 0.750. The highest BCUT2D eigenvalue weighted by Crippen LogP contribution is 2.21. The summed E-state index contributed by atoms with van der Waals surface area (Å²) in [5.74, 6) is -2.69. The minimum Gasteiger partial charge on any atom is -0.326 e. The number of hydrogen-bond donors (Lipinski definition) is 1. The molecule has 0 atom stereocenters. The lowest BCUT2D eigenvalue weighted by molar-refractivity contribution is -0.116. The quantitative estimate of drug-likeness (QED) is 0.824. The van der Waals surface area contributed by atoms with Crippen molar-refractivity contribution in [2.45, 2.75) is 6.42 Å². The molecule has 2 aromatic carbocycles. The molecule has 0 fully saturated rings. The smallest absolute Gasteiger partial charge is 0.232 e. The second-order valence-electron chi connectivity index (χ2n) is 5.24. The van der Waals surface area contributed by atoms with Gasteiger partial charge in [-0.15, -0.1) is 0 Å². The van der Waals surface area contributed by atoms with Crippen LogP contribution in [0.4, 0.5) is 20.2 Å². The van der Waals surface area contributed by atoms with Gasteiger partial charge in [-0.2, -0.15) is 0 Å². The van der Waals surface area contributed by atoms with E-state index in [1.165, 1.54) is 0 Å². The molecule has 2 aromatic rings. The predicted octanol–water partition coefficient (Wildman–Crippen LogP) is 3.41. The maximum absolute atomic E-state index is 13.4. The summed E-state index contributed by atoms with van der Waals surface area (Å²) in [6.45, 7) is -0.219. The van der Waals surface area contributed by atoms with Crippen LogP contribution in [0.15, 0.2) is 42.5 Å². The first kappa shape index (κ1) is 19.1. The molecule has 25 heavy (non-hydrogen) atoms. The summed E-state index contributed by atoms with van der Waals surface area (Å²) in [5, 5.41) is 3.11. The summed E-state index contributed by atoms with van der Waals surface area (Å²) >= 11 is 5.75. The van der Waals surface area contributed by atoms with Gasteiger partial charge in [0.25, 0.3) is 0 Å². The fraction of sp³-hybridized carbons (Fsp3) is 0.188. The Balaban J connectivity index is 2.08. The van der Waals surface area contributed by atoms with E-state index in [-0.39, 0.29) is 18.7 Å². The van der Waals surface area contributed by atoms with E-state index in [1.54, 1.807) is 24.3 Å². The van der Waals surface area contributed by atoms with E-state index in [2.05, 4.69) is 5.32 Å². The van der Waals surface area contributed by atoms with Crippen LogP contribution in [-0.4, -0.2) is 27.1 Å². The van der Waals surface area contributed by atoms with Crippen molar-refractivity contribution in [1.82, 2.24) is 0 Å². The average molecular weight is 389 g/mol. The normalized spacial score (nSPS) is 11.2.